The normalized spacial score (nSPS) is 23.3. The molecule has 2 aliphatic rings. The van der Waals surface area contributed by atoms with Crippen LogP contribution in [0.5, 0.6) is 0 Å². The number of nitrogens with zero attached hydrogens (tertiary/aromatic N) is 2. The molecule has 8 heteroatoms. The average Bonchev–Trinajstić information content (AvgIpc) is 3.01. The van der Waals surface area contributed by atoms with E-state index in [-0.39, 0.29) is 30.1 Å². The zero-order chi connectivity index (χ0) is 20.3. The molecule has 0 spiro atoms. The second-order valence-electron chi connectivity index (χ2n) is 8.07. The molecule has 2 aliphatic heterocycles. The molecule has 0 bridgehead atoms. The standard InChI is InChI=1S/C20H29N3O4S/c1-15-5-7-16(8-6-15)12-23-14-18(10-19(23)24)20(25)22-9-3-4-17(13-22)11-21-28(2,26)27/h5-8,17-18,21H,3-4,9-14H2,1-2H3/t17-,18-/m0/s1. The van der Waals surface area contributed by atoms with E-state index in [0.29, 0.717) is 32.7 Å². The third kappa shape index (κ3) is 5.54. The van der Waals surface area contributed by atoms with E-state index >= 15 is 0 Å². The third-order valence-corrected chi connectivity index (χ3v) is 6.21. The SMILES string of the molecule is Cc1ccc(CN2C[C@@H](C(=O)N3CCC[C@@H](CNS(C)(=O)=O)C3)CC2=O)cc1. The number of likely N-dealkylation sites (tertiary alicyclic amines) is 2. The Morgan fingerprint density at radius 2 is 1.93 bits per heavy atom. The molecule has 2 fully saturated rings. The number of carbonyl (C=O) groups is 2. The fourth-order valence-electron chi connectivity index (χ4n) is 3.96. The molecule has 0 radical (unpaired) electrons. The summed E-state index contributed by atoms with van der Waals surface area (Å²) in [6.07, 6.45) is 3.16. The number of benzene rings is 1. The highest BCUT2D eigenvalue weighted by molar-refractivity contribution is 7.88. The molecular formula is C20H29N3O4S. The van der Waals surface area contributed by atoms with Crippen LogP contribution in [0.3, 0.4) is 0 Å². The van der Waals surface area contributed by atoms with Gasteiger partial charge in [-0.2, -0.15) is 0 Å². The Kier molecular flexibility index (Phi) is 6.40. The average molecular weight is 408 g/mol. The number of sulfonamides is 1. The fourth-order valence-corrected chi connectivity index (χ4v) is 4.50. The van der Waals surface area contributed by atoms with Crippen LogP contribution in [-0.4, -0.2) is 62.5 Å². The smallest absolute Gasteiger partial charge is 0.228 e. The summed E-state index contributed by atoms with van der Waals surface area (Å²) >= 11 is 0. The van der Waals surface area contributed by atoms with Gasteiger partial charge in [-0.05, 0) is 31.2 Å². The molecule has 1 aromatic rings. The third-order valence-electron chi connectivity index (χ3n) is 5.52. The Hall–Kier alpha value is -1.93. The van der Waals surface area contributed by atoms with Crippen LogP contribution in [0.25, 0.3) is 0 Å². The van der Waals surface area contributed by atoms with E-state index in [0.717, 1.165) is 24.7 Å². The molecule has 154 valence electrons. The van der Waals surface area contributed by atoms with Crippen LogP contribution in [0.4, 0.5) is 0 Å². The van der Waals surface area contributed by atoms with E-state index in [1.165, 1.54) is 5.56 Å². The summed E-state index contributed by atoms with van der Waals surface area (Å²) in [6.45, 7) is 4.58. The number of amides is 2. The number of hydrogen-bond acceptors (Lipinski definition) is 4. The van der Waals surface area contributed by atoms with Crippen molar-refractivity contribution in [3.8, 4) is 0 Å². The predicted octanol–water partition coefficient (Wildman–Crippen LogP) is 1.13. The lowest BCUT2D eigenvalue weighted by molar-refractivity contribution is -0.137. The summed E-state index contributed by atoms with van der Waals surface area (Å²) in [4.78, 5) is 28.9. The van der Waals surface area contributed by atoms with Crippen molar-refractivity contribution in [2.45, 2.75) is 32.7 Å². The van der Waals surface area contributed by atoms with Gasteiger partial charge in [0.05, 0.1) is 12.2 Å². The van der Waals surface area contributed by atoms with Crippen molar-refractivity contribution in [2.24, 2.45) is 11.8 Å². The summed E-state index contributed by atoms with van der Waals surface area (Å²) in [5, 5.41) is 0. The summed E-state index contributed by atoms with van der Waals surface area (Å²) in [7, 11) is -3.23. The molecule has 1 aromatic carbocycles. The summed E-state index contributed by atoms with van der Waals surface area (Å²) in [6, 6.07) is 8.08. The monoisotopic (exact) mass is 407 g/mol. The first kappa shape index (κ1) is 20.8. The minimum absolute atomic E-state index is 0.0174. The second-order valence-corrected chi connectivity index (χ2v) is 9.91. The van der Waals surface area contributed by atoms with Crippen LogP contribution < -0.4 is 4.72 Å². The van der Waals surface area contributed by atoms with Gasteiger partial charge in [-0.1, -0.05) is 29.8 Å². The Balaban J connectivity index is 1.55. The van der Waals surface area contributed by atoms with E-state index in [4.69, 9.17) is 0 Å². The van der Waals surface area contributed by atoms with Crippen molar-refractivity contribution >= 4 is 21.8 Å². The summed E-state index contributed by atoms with van der Waals surface area (Å²) in [5.41, 5.74) is 2.24. The first-order chi connectivity index (χ1) is 13.2. The van der Waals surface area contributed by atoms with Crippen molar-refractivity contribution in [3.05, 3.63) is 35.4 Å². The highest BCUT2D eigenvalue weighted by Crippen LogP contribution is 2.25. The lowest BCUT2D eigenvalue weighted by Crippen LogP contribution is -2.46. The molecule has 0 unspecified atom stereocenters. The fraction of sp³-hybridized carbons (Fsp3) is 0.600. The van der Waals surface area contributed by atoms with Crippen LogP contribution in [0.2, 0.25) is 0 Å². The topological polar surface area (TPSA) is 86.8 Å². The van der Waals surface area contributed by atoms with Gasteiger partial charge in [0.25, 0.3) is 0 Å². The van der Waals surface area contributed by atoms with Crippen LogP contribution >= 0.6 is 0 Å². The van der Waals surface area contributed by atoms with E-state index in [1.807, 2.05) is 36.1 Å². The van der Waals surface area contributed by atoms with Crippen molar-refractivity contribution in [1.82, 2.24) is 14.5 Å². The number of rotatable bonds is 6. The molecule has 2 saturated heterocycles. The molecule has 2 amide bonds. The molecular weight excluding hydrogens is 378 g/mol. The quantitative estimate of drug-likeness (QED) is 0.766. The summed E-state index contributed by atoms with van der Waals surface area (Å²) in [5.74, 6) is -0.150. The Morgan fingerprint density at radius 3 is 2.61 bits per heavy atom. The second kappa shape index (κ2) is 8.61. The van der Waals surface area contributed by atoms with Gasteiger partial charge < -0.3 is 9.80 Å². The maximum atomic E-state index is 12.9. The Morgan fingerprint density at radius 1 is 1.21 bits per heavy atom. The zero-order valence-corrected chi connectivity index (χ0v) is 17.4. The van der Waals surface area contributed by atoms with Crippen molar-refractivity contribution in [3.63, 3.8) is 0 Å². The van der Waals surface area contributed by atoms with Crippen LogP contribution in [-0.2, 0) is 26.2 Å². The number of nitrogens with one attached hydrogen (secondary N) is 1. The number of carbonyl (C=O) groups excluding carboxylic acids is 2. The highest BCUT2D eigenvalue weighted by atomic mass is 32.2. The maximum Gasteiger partial charge on any atom is 0.228 e. The Labute approximate surface area is 167 Å². The molecule has 0 aliphatic carbocycles. The van der Waals surface area contributed by atoms with Crippen molar-refractivity contribution < 1.29 is 18.0 Å². The van der Waals surface area contributed by atoms with E-state index in [1.54, 1.807) is 4.90 Å². The van der Waals surface area contributed by atoms with Crippen molar-refractivity contribution in [1.29, 1.82) is 0 Å². The first-order valence-corrected chi connectivity index (χ1v) is 11.7. The van der Waals surface area contributed by atoms with Gasteiger partial charge in [0, 0.05) is 39.1 Å². The molecule has 2 atom stereocenters. The highest BCUT2D eigenvalue weighted by Gasteiger charge is 2.37. The van der Waals surface area contributed by atoms with Crippen LogP contribution in [0, 0.1) is 18.8 Å². The maximum absolute atomic E-state index is 12.9. The van der Waals surface area contributed by atoms with Crippen LogP contribution in [0.15, 0.2) is 24.3 Å². The van der Waals surface area contributed by atoms with Gasteiger partial charge in [-0.25, -0.2) is 13.1 Å². The van der Waals surface area contributed by atoms with Gasteiger partial charge in [0.2, 0.25) is 21.8 Å². The molecule has 28 heavy (non-hydrogen) atoms. The molecule has 2 heterocycles. The van der Waals surface area contributed by atoms with Gasteiger partial charge in [0.15, 0.2) is 0 Å². The summed E-state index contributed by atoms with van der Waals surface area (Å²) < 4.78 is 25.1. The lowest BCUT2D eigenvalue weighted by Gasteiger charge is -2.34. The molecule has 3 rings (SSSR count). The molecule has 0 saturated carbocycles. The van der Waals surface area contributed by atoms with E-state index in [9.17, 15) is 18.0 Å². The van der Waals surface area contributed by atoms with Gasteiger partial charge >= 0.3 is 0 Å². The Bertz CT molecular complexity index is 822. The molecule has 7 nitrogen and oxygen atoms in total. The lowest BCUT2D eigenvalue weighted by atomic mass is 9.96. The number of piperidine rings is 1. The van der Waals surface area contributed by atoms with Gasteiger partial charge in [-0.3, -0.25) is 9.59 Å². The van der Waals surface area contributed by atoms with Gasteiger partial charge in [-0.15, -0.1) is 0 Å². The number of aryl methyl sites for hydroxylation is 1. The van der Waals surface area contributed by atoms with Crippen LogP contribution in [0.1, 0.15) is 30.4 Å². The zero-order valence-electron chi connectivity index (χ0n) is 16.6. The minimum atomic E-state index is -3.23. The first-order valence-electron chi connectivity index (χ1n) is 9.78. The minimum Gasteiger partial charge on any atom is -0.342 e. The number of hydrogen-bond donors (Lipinski definition) is 1. The predicted molar refractivity (Wildman–Crippen MR) is 107 cm³/mol. The largest absolute Gasteiger partial charge is 0.342 e. The van der Waals surface area contributed by atoms with E-state index < -0.39 is 10.0 Å². The van der Waals surface area contributed by atoms with Gasteiger partial charge in [0.1, 0.15) is 0 Å². The van der Waals surface area contributed by atoms with E-state index in [2.05, 4.69) is 4.72 Å². The molecule has 1 N–H and O–H groups in total. The molecule has 0 aromatic heterocycles. The van der Waals surface area contributed by atoms with Crippen molar-refractivity contribution in [2.75, 3.05) is 32.4 Å².